The summed E-state index contributed by atoms with van der Waals surface area (Å²) in [4.78, 5) is 22.0. The molecule has 0 aromatic heterocycles. The average Bonchev–Trinajstić information content (AvgIpc) is 2.45. The molecular formula is C14H19NO6. The van der Waals surface area contributed by atoms with Crippen molar-refractivity contribution in [3.05, 3.63) is 29.3 Å². The minimum Gasteiger partial charge on any atom is -0.507 e. The van der Waals surface area contributed by atoms with Crippen molar-refractivity contribution in [2.24, 2.45) is 0 Å². The largest absolute Gasteiger partial charge is 0.507 e. The third-order valence-electron chi connectivity index (χ3n) is 2.95. The number of aromatic hydroxyl groups is 1. The molecule has 0 heterocycles. The Morgan fingerprint density at radius 1 is 1.33 bits per heavy atom. The molecule has 1 aromatic rings. The molecule has 1 amide bonds. The maximum Gasteiger partial charge on any atom is 0.341 e. The SMILES string of the molecule is COC(=O)c1ccc(C(O)C(O)CCNC(C)=O)cc1O. The minimum absolute atomic E-state index is 0.0267. The molecule has 0 aliphatic rings. The lowest BCUT2D eigenvalue weighted by Crippen LogP contribution is -2.27. The van der Waals surface area contributed by atoms with E-state index in [9.17, 15) is 24.9 Å². The number of nitrogens with one attached hydrogen (secondary N) is 1. The first-order valence-corrected chi connectivity index (χ1v) is 6.38. The van der Waals surface area contributed by atoms with Crippen LogP contribution in [0.15, 0.2) is 18.2 Å². The van der Waals surface area contributed by atoms with Crippen LogP contribution in [-0.4, -0.2) is 47.0 Å². The van der Waals surface area contributed by atoms with Gasteiger partial charge in [-0.05, 0) is 24.1 Å². The molecule has 0 bridgehead atoms. The molecule has 4 N–H and O–H groups in total. The molecule has 0 spiro atoms. The standard InChI is InChI=1S/C14H19NO6/c1-8(16)15-6-5-11(17)13(19)9-3-4-10(12(18)7-9)14(20)21-2/h3-4,7,11,13,17-19H,5-6H2,1-2H3,(H,15,16). The fraction of sp³-hybridized carbons (Fsp3) is 0.429. The number of aliphatic hydroxyl groups is 2. The highest BCUT2D eigenvalue weighted by molar-refractivity contribution is 5.92. The van der Waals surface area contributed by atoms with Crippen LogP contribution in [0, 0.1) is 0 Å². The quantitative estimate of drug-likeness (QED) is 0.553. The predicted molar refractivity (Wildman–Crippen MR) is 73.7 cm³/mol. The Morgan fingerprint density at radius 3 is 2.52 bits per heavy atom. The first-order valence-electron chi connectivity index (χ1n) is 6.38. The van der Waals surface area contributed by atoms with E-state index >= 15 is 0 Å². The highest BCUT2D eigenvalue weighted by Crippen LogP contribution is 2.26. The van der Waals surface area contributed by atoms with Gasteiger partial charge in [0.2, 0.25) is 5.91 Å². The second-order valence-corrected chi connectivity index (χ2v) is 4.55. The van der Waals surface area contributed by atoms with Crippen LogP contribution in [0.2, 0.25) is 0 Å². The Morgan fingerprint density at radius 2 is 2.00 bits per heavy atom. The van der Waals surface area contributed by atoms with Crippen LogP contribution in [-0.2, 0) is 9.53 Å². The highest BCUT2D eigenvalue weighted by atomic mass is 16.5. The van der Waals surface area contributed by atoms with Crippen molar-refractivity contribution in [3.8, 4) is 5.75 Å². The lowest BCUT2D eigenvalue weighted by atomic mass is 10.00. The molecule has 0 aliphatic carbocycles. The van der Waals surface area contributed by atoms with E-state index < -0.39 is 18.2 Å². The van der Waals surface area contributed by atoms with Crippen molar-refractivity contribution in [2.45, 2.75) is 25.6 Å². The Kier molecular flexibility index (Phi) is 6.13. The van der Waals surface area contributed by atoms with E-state index in [2.05, 4.69) is 10.1 Å². The molecule has 1 aromatic carbocycles. The first-order chi connectivity index (χ1) is 9.86. The normalized spacial score (nSPS) is 13.3. The van der Waals surface area contributed by atoms with Gasteiger partial charge in [0.25, 0.3) is 0 Å². The van der Waals surface area contributed by atoms with Crippen LogP contribution in [0.25, 0.3) is 0 Å². The van der Waals surface area contributed by atoms with E-state index in [-0.39, 0.29) is 35.7 Å². The van der Waals surface area contributed by atoms with Gasteiger partial charge in [-0.3, -0.25) is 4.79 Å². The van der Waals surface area contributed by atoms with Crippen LogP contribution in [0.1, 0.15) is 35.4 Å². The lowest BCUT2D eigenvalue weighted by molar-refractivity contribution is -0.119. The summed E-state index contributed by atoms with van der Waals surface area (Å²) in [6, 6.07) is 3.91. The number of hydrogen-bond acceptors (Lipinski definition) is 6. The van der Waals surface area contributed by atoms with Gasteiger partial charge in [0.05, 0.1) is 13.2 Å². The van der Waals surface area contributed by atoms with Crippen molar-refractivity contribution >= 4 is 11.9 Å². The van der Waals surface area contributed by atoms with E-state index in [0.29, 0.717) is 0 Å². The molecular weight excluding hydrogens is 278 g/mol. The number of phenolic OH excluding ortho intramolecular Hbond substituents is 1. The zero-order valence-electron chi connectivity index (χ0n) is 11.9. The molecule has 1 rings (SSSR count). The van der Waals surface area contributed by atoms with Gasteiger partial charge in [-0.1, -0.05) is 6.07 Å². The number of benzene rings is 1. The molecule has 2 unspecified atom stereocenters. The molecule has 0 saturated heterocycles. The van der Waals surface area contributed by atoms with Gasteiger partial charge < -0.3 is 25.4 Å². The van der Waals surface area contributed by atoms with Gasteiger partial charge in [0.15, 0.2) is 0 Å². The molecule has 7 nitrogen and oxygen atoms in total. The van der Waals surface area contributed by atoms with E-state index in [1.807, 2.05) is 0 Å². The van der Waals surface area contributed by atoms with Crippen LogP contribution in [0.5, 0.6) is 5.75 Å². The number of esters is 1. The number of ether oxygens (including phenoxy) is 1. The number of aliphatic hydroxyl groups excluding tert-OH is 2. The summed E-state index contributed by atoms with van der Waals surface area (Å²) < 4.78 is 4.49. The smallest absolute Gasteiger partial charge is 0.341 e. The summed E-state index contributed by atoms with van der Waals surface area (Å²) in [6.45, 7) is 1.58. The monoisotopic (exact) mass is 297 g/mol. The molecule has 116 valence electrons. The third kappa shape index (κ3) is 4.73. The number of carbonyl (C=O) groups excluding carboxylic acids is 2. The van der Waals surface area contributed by atoms with E-state index in [0.717, 1.165) is 0 Å². The molecule has 0 radical (unpaired) electrons. The number of amides is 1. The van der Waals surface area contributed by atoms with Crippen LogP contribution in [0.4, 0.5) is 0 Å². The second kappa shape index (κ2) is 7.61. The van der Waals surface area contributed by atoms with Crippen LogP contribution in [0.3, 0.4) is 0 Å². The summed E-state index contributed by atoms with van der Waals surface area (Å²) >= 11 is 0. The molecule has 0 fully saturated rings. The summed E-state index contributed by atoms with van der Waals surface area (Å²) in [7, 11) is 1.19. The Balaban J connectivity index is 2.74. The van der Waals surface area contributed by atoms with Crippen molar-refractivity contribution in [3.63, 3.8) is 0 Å². The average molecular weight is 297 g/mol. The number of hydrogen-bond donors (Lipinski definition) is 4. The predicted octanol–water partition coefficient (Wildman–Crippen LogP) is 0.0993. The Hall–Kier alpha value is -2.12. The van der Waals surface area contributed by atoms with Crippen molar-refractivity contribution in [2.75, 3.05) is 13.7 Å². The van der Waals surface area contributed by atoms with E-state index in [4.69, 9.17) is 0 Å². The van der Waals surface area contributed by atoms with Gasteiger partial charge in [-0.2, -0.15) is 0 Å². The molecule has 7 heteroatoms. The second-order valence-electron chi connectivity index (χ2n) is 4.55. The lowest BCUT2D eigenvalue weighted by Gasteiger charge is -2.18. The van der Waals surface area contributed by atoms with Gasteiger partial charge >= 0.3 is 5.97 Å². The summed E-state index contributed by atoms with van der Waals surface area (Å²) in [5.74, 6) is -1.26. The topological polar surface area (TPSA) is 116 Å². The van der Waals surface area contributed by atoms with Crippen molar-refractivity contribution in [1.29, 1.82) is 0 Å². The molecule has 21 heavy (non-hydrogen) atoms. The first kappa shape index (κ1) is 16.9. The summed E-state index contributed by atoms with van der Waals surface area (Å²) in [6.07, 6.45) is -2.20. The number of carbonyl (C=O) groups is 2. The third-order valence-corrected chi connectivity index (χ3v) is 2.95. The van der Waals surface area contributed by atoms with E-state index in [1.54, 1.807) is 0 Å². The number of rotatable bonds is 6. The summed E-state index contributed by atoms with van der Waals surface area (Å²) in [5, 5.41) is 32.0. The van der Waals surface area contributed by atoms with Gasteiger partial charge in [-0.25, -0.2) is 4.79 Å². The minimum atomic E-state index is -1.24. The van der Waals surface area contributed by atoms with E-state index in [1.165, 1.54) is 32.2 Å². The maximum atomic E-state index is 11.3. The number of methoxy groups -OCH3 is 1. The summed E-state index contributed by atoms with van der Waals surface area (Å²) in [5.41, 5.74) is 0.233. The molecule has 2 atom stereocenters. The van der Waals surface area contributed by atoms with Crippen LogP contribution >= 0.6 is 0 Å². The van der Waals surface area contributed by atoms with Gasteiger partial charge in [0, 0.05) is 13.5 Å². The maximum absolute atomic E-state index is 11.3. The fourth-order valence-corrected chi connectivity index (χ4v) is 1.79. The van der Waals surface area contributed by atoms with Crippen molar-refractivity contribution in [1.82, 2.24) is 5.32 Å². The fourth-order valence-electron chi connectivity index (χ4n) is 1.79. The van der Waals surface area contributed by atoms with Crippen LogP contribution < -0.4 is 5.32 Å². The highest BCUT2D eigenvalue weighted by Gasteiger charge is 2.20. The zero-order chi connectivity index (χ0) is 16.0. The Labute approximate surface area is 122 Å². The zero-order valence-corrected chi connectivity index (χ0v) is 11.9. The van der Waals surface area contributed by atoms with Gasteiger partial charge in [0.1, 0.15) is 17.4 Å². The van der Waals surface area contributed by atoms with Gasteiger partial charge in [-0.15, -0.1) is 0 Å². The Bertz CT molecular complexity index is 516. The van der Waals surface area contributed by atoms with Crippen molar-refractivity contribution < 1.29 is 29.6 Å². The molecule has 0 aliphatic heterocycles. The molecule has 0 saturated carbocycles. The number of phenols is 1.